The smallest absolute Gasteiger partial charge is 0.00145 e. The van der Waals surface area contributed by atoms with Crippen molar-refractivity contribution in [2.24, 2.45) is 88.7 Å². The maximum atomic E-state index is 2.85. The molecule has 0 heterocycles. The van der Waals surface area contributed by atoms with Crippen LogP contribution < -0.4 is 0 Å². The van der Waals surface area contributed by atoms with E-state index in [2.05, 4.69) is 307 Å². The van der Waals surface area contributed by atoms with Gasteiger partial charge in [0.2, 0.25) is 0 Å². The van der Waals surface area contributed by atoms with Crippen molar-refractivity contribution in [1.29, 1.82) is 0 Å². The van der Waals surface area contributed by atoms with Gasteiger partial charge < -0.3 is 0 Å². The first kappa shape index (κ1) is 69.5. The molecule has 0 nitrogen and oxygen atoms in total. The summed E-state index contributed by atoms with van der Waals surface area (Å²) in [5.41, 5.74) is 19.5. The fourth-order valence-corrected chi connectivity index (χ4v) is 16.4. The van der Waals surface area contributed by atoms with E-state index in [1.165, 1.54) is 78.0 Å². The molecule has 0 bridgehead atoms. The number of benzene rings is 2. The van der Waals surface area contributed by atoms with Crippen molar-refractivity contribution in [2.45, 2.75) is 273 Å². The molecular weight excluding hydrogens is 1010 g/mol. The fourth-order valence-electron chi connectivity index (χ4n) is 16.4. The summed E-state index contributed by atoms with van der Waals surface area (Å²) in [5, 5.41) is 0. The van der Waals surface area contributed by atoms with Crippen molar-refractivity contribution in [3.8, 4) is 11.1 Å². The van der Waals surface area contributed by atoms with Crippen LogP contribution in [0.3, 0.4) is 0 Å². The normalized spacial score (nSPS) is 23.4. The Kier molecular flexibility index (Phi) is 19.3. The second-order valence-corrected chi connectivity index (χ2v) is 35.5. The molecule has 0 aromatic heterocycles. The Morgan fingerprint density at radius 3 is 0.798 bits per heavy atom. The molecule has 0 radical (unpaired) electrons. The van der Waals surface area contributed by atoms with Crippen LogP contribution in [-0.4, -0.2) is 0 Å². The molecule has 4 aliphatic rings. The van der Waals surface area contributed by atoms with Crippen molar-refractivity contribution >= 4 is 22.3 Å². The van der Waals surface area contributed by atoms with E-state index in [1.807, 2.05) is 0 Å². The minimum Gasteiger partial charge on any atom is -0.0757 e. The summed E-state index contributed by atoms with van der Waals surface area (Å²) in [6.07, 6.45) is 31.3. The molecule has 4 unspecified atom stereocenters. The topological polar surface area (TPSA) is 0 Å². The average molecular weight is 1140 g/mol. The summed E-state index contributed by atoms with van der Waals surface area (Å²) in [7, 11) is 0. The molecular formula is C84H130. The van der Waals surface area contributed by atoms with Crippen molar-refractivity contribution < 1.29 is 0 Å². The Hall–Kier alpha value is -3.64. The highest BCUT2D eigenvalue weighted by atomic mass is 14.5. The van der Waals surface area contributed by atoms with Gasteiger partial charge in [-0.15, -0.1) is 0 Å². The molecule has 0 fully saturated rings. The van der Waals surface area contributed by atoms with Gasteiger partial charge in [0.15, 0.2) is 0 Å². The largest absolute Gasteiger partial charge is 0.0757 e. The van der Waals surface area contributed by atoms with Gasteiger partial charge >= 0.3 is 0 Å². The van der Waals surface area contributed by atoms with Gasteiger partial charge in [0.1, 0.15) is 0 Å². The van der Waals surface area contributed by atoms with E-state index in [-0.39, 0.29) is 65.0 Å². The van der Waals surface area contributed by atoms with E-state index >= 15 is 0 Å². The van der Waals surface area contributed by atoms with Crippen LogP contribution >= 0.6 is 0 Å². The van der Waals surface area contributed by atoms with Gasteiger partial charge in [-0.2, -0.15) is 0 Å². The monoisotopic (exact) mass is 1140 g/mol. The van der Waals surface area contributed by atoms with Crippen LogP contribution in [-0.2, 0) is 0 Å². The van der Waals surface area contributed by atoms with Gasteiger partial charge in [-0.25, -0.2) is 0 Å². The molecule has 0 saturated heterocycles. The SMILES string of the molecule is CCC(C)(C)C1=CC(C(C)(C)CC)C(C)(C)C=C1c1cc(C2=CC(C)(C)C(C(C)(C)CC)C=C2C(C)(C)CC)c(-c2ccccc2)c(C2=CC(C)(C)C(C(C)(C)CC)C=C2C(C)(C)CC)c1C1=CC(C)(C)C(C(C)(C)CC)C=C1C(C)(C)CC. The molecule has 466 valence electrons. The Bertz CT molecular complexity index is 3010. The van der Waals surface area contributed by atoms with Crippen LogP contribution in [0.15, 0.2) is 107 Å². The maximum absolute atomic E-state index is 2.85. The second kappa shape index (κ2) is 23.4. The lowest BCUT2D eigenvalue weighted by Crippen LogP contribution is -2.39. The Labute approximate surface area is 521 Å². The molecule has 84 heavy (non-hydrogen) atoms. The van der Waals surface area contributed by atoms with Crippen LogP contribution in [0.25, 0.3) is 33.4 Å². The predicted molar refractivity (Wildman–Crippen MR) is 378 cm³/mol. The molecule has 4 aliphatic carbocycles. The summed E-state index contributed by atoms with van der Waals surface area (Å²) in [6, 6.07) is 14.7. The Balaban J connectivity index is 2.16. The highest BCUT2D eigenvalue weighted by Crippen LogP contribution is 2.64. The second-order valence-electron chi connectivity index (χ2n) is 35.5. The zero-order valence-corrected chi connectivity index (χ0v) is 61.0. The van der Waals surface area contributed by atoms with E-state index in [9.17, 15) is 0 Å². The molecule has 0 N–H and O–H groups in total. The minimum atomic E-state index is -0.165. The van der Waals surface area contributed by atoms with E-state index in [1.54, 1.807) is 0 Å². The van der Waals surface area contributed by atoms with Crippen molar-refractivity contribution in [2.75, 3.05) is 0 Å². The summed E-state index contributed by atoms with van der Waals surface area (Å²) in [4.78, 5) is 0. The van der Waals surface area contributed by atoms with Crippen LogP contribution in [0.5, 0.6) is 0 Å². The third kappa shape index (κ3) is 12.7. The van der Waals surface area contributed by atoms with Gasteiger partial charge in [-0.1, -0.05) is 326 Å². The zero-order valence-electron chi connectivity index (χ0n) is 61.0. The molecule has 0 amide bonds. The number of allylic oxidation sites excluding steroid dienone is 16. The quantitative estimate of drug-likeness (QED) is 0.117. The van der Waals surface area contributed by atoms with Crippen LogP contribution in [0.1, 0.15) is 295 Å². The summed E-state index contributed by atoms with van der Waals surface area (Å²) >= 11 is 0. The van der Waals surface area contributed by atoms with Gasteiger partial charge in [-0.3, -0.25) is 0 Å². The third-order valence-electron chi connectivity index (χ3n) is 24.7. The molecule has 0 saturated carbocycles. The van der Waals surface area contributed by atoms with E-state index in [0.717, 1.165) is 51.4 Å². The molecule has 4 atom stereocenters. The first-order chi connectivity index (χ1) is 38.2. The fraction of sp³-hybridized carbons (Fsp3) is 0.667. The van der Waals surface area contributed by atoms with Crippen LogP contribution in [0.2, 0.25) is 0 Å². The highest BCUT2D eigenvalue weighted by molar-refractivity contribution is 6.07. The Morgan fingerprint density at radius 2 is 0.536 bits per heavy atom. The van der Waals surface area contributed by atoms with Gasteiger partial charge in [-0.05, 0) is 198 Å². The van der Waals surface area contributed by atoms with Crippen LogP contribution in [0.4, 0.5) is 0 Å². The van der Waals surface area contributed by atoms with E-state index in [0.29, 0.717) is 23.7 Å². The number of rotatable bonds is 21. The maximum Gasteiger partial charge on any atom is -0.00145 e. The lowest BCUT2D eigenvalue weighted by atomic mass is 9.54. The van der Waals surface area contributed by atoms with E-state index < -0.39 is 0 Å². The first-order valence-corrected chi connectivity index (χ1v) is 34.3. The highest BCUT2D eigenvalue weighted by Gasteiger charge is 2.50. The lowest BCUT2D eigenvalue weighted by molar-refractivity contribution is 0.143. The van der Waals surface area contributed by atoms with E-state index in [4.69, 9.17) is 0 Å². The summed E-state index contributed by atoms with van der Waals surface area (Å²) in [6.45, 7) is 80.8. The third-order valence-corrected chi connectivity index (χ3v) is 24.7. The standard InChI is InChI=1S/C84H130/c1-33-73(9,10)62-47-66(77(17,18)37-5)81(25,26)51-58(62)56-46-57(59-52-82(27,28)67(78(19,20)38-6)48-63(59)74(11,12)34-2)71(60-53-83(29,30)68(79(21,22)39-7)49-64(60)75(13,14)35-3)72(70(56)55-44-42-41-43-45-55)61-54-84(31,32)69(80(23,24)40-8)50-65(61)76(15,16)36-4/h41-54,66-69H,33-40H2,1-32H3. The first-order valence-electron chi connectivity index (χ1n) is 34.3. The molecule has 2 aromatic rings. The van der Waals surface area contributed by atoms with Gasteiger partial charge in [0, 0.05) is 0 Å². The van der Waals surface area contributed by atoms with Crippen molar-refractivity contribution in [1.82, 2.24) is 0 Å². The average Bonchev–Trinajstić information content (AvgIpc) is 0.805. The molecule has 2 aromatic carbocycles. The lowest BCUT2D eigenvalue weighted by Gasteiger charge is -2.50. The molecule has 6 rings (SSSR count). The predicted octanol–water partition coefficient (Wildman–Crippen LogP) is 26.7. The van der Waals surface area contributed by atoms with Crippen LogP contribution in [0, 0.1) is 88.7 Å². The van der Waals surface area contributed by atoms with Crippen molar-refractivity contribution in [3.05, 3.63) is 130 Å². The summed E-state index contributed by atoms with van der Waals surface area (Å²) in [5.74, 6) is 1.40. The molecule has 0 heteroatoms. The van der Waals surface area contributed by atoms with Gasteiger partial charge in [0.05, 0.1) is 0 Å². The molecule has 0 spiro atoms. The Morgan fingerprint density at radius 1 is 0.298 bits per heavy atom. The number of hydrogen-bond acceptors (Lipinski definition) is 0. The zero-order chi connectivity index (χ0) is 63.9. The van der Waals surface area contributed by atoms with Gasteiger partial charge in [0.25, 0.3) is 0 Å². The summed E-state index contributed by atoms with van der Waals surface area (Å²) < 4.78 is 0. The number of hydrogen-bond donors (Lipinski definition) is 0. The minimum absolute atomic E-state index is 0.0796. The molecule has 0 aliphatic heterocycles. The van der Waals surface area contributed by atoms with Crippen molar-refractivity contribution in [3.63, 3.8) is 0 Å².